The first kappa shape index (κ1) is 27.3. The highest BCUT2D eigenvalue weighted by Gasteiger charge is 2.50. The molecule has 194 valence electrons. The highest BCUT2D eigenvalue weighted by molar-refractivity contribution is 6.22. The van der Waals surface area contributed by atoms with E-state index in [1.807, 2.05) is 13.8 Å². The summed E-state index contributed by atoms with van der Waals surface area (Å²) in [7, 11) is 0. The number of aliphatic hydroxyl groups is 7. The molecule has 0 aromatic rings. The van der Waals surface area contributed by atoms with Gasteiger partial charge in [-0.3, -0.25) is 9.59 Å². The maximum atomic E-state index is 12.4. The number of hydrogen-bond acceptors (Lipinski definition) is 12. The minimum absolute atomic E-state index is 0.00518. The Balaban J connectivity index is 1.76. The number of carbonyl (C=O) groups is 2. The number of ether oxygens (including phenoxy) is 3. The summed E-state index contributed by atoms with van der Waals surface area (Å²) in [5.41, 5.74) is -0.452. The molecular formula is C22H34O12. The van der Waals surface area contributed by atoms with Gasteiger partial charge in [0.2, 0.25) is 0 Å². The standard InChI is InChI=1S/C22H34O12/c1-22(2)5-11(25)9(12(26)6-22)3-4-10-15(27)19(14(8-24)32-20(10)31)34-21-18(30)17(29)16(28)13(7-23)33-21/h3,10,13-21,23-24,27-31H,4-8H2,1-2H3/t10?,13?,14?,15-,16+,17+,18?,19-,20?,21+/m1/s1. The summed E-state index contributed by atoms with van der Waals surface area (Å²) >= 11 is 0. The Morgan fingerprint density at radius 2 is 1.47 bits per heavy atom. The van der Waals surface area contributed by atoms with Crippen LogP contribution in [0.5, 0.6) is 0 Å². The zero-order valence-corrected chi connectivity index (χ0v) is 19.1. The van der Waals surface area contributed by atoms with Crippen LogP contribution in [0.2, 0.25) is 0 Å². The van der Waals surface area contributed by atoms with Gasteiger partial charge in [0.05, 0.1) is 24.9 Å². The molecule has 1 saturated carbocycles. The molecule has 0 radical (unpaired) electrons. The summed E-state index contributed by atoms with van der Waals surface area (Å²) in [5.74, 6) is -1.73. The van der Waals surface area contributed by atoms with Gasteiger partial charge in [-0.15, -0.1) is 0 Å². The van der Waals surface area contributed by atoms with Crippen LogP contribution in [-0.4, -0.2) is 116 Å². The maximum Gasteiger partial charge on any atom is 0.187 e. The van der Waals surface area contributed by atoms with Crippen LogP contribution in [0.4, 0.5) is 0 Å². The van der Waals surface area contributed by atoms with E-state index in [0.29, 0.717) is 0 Å². The van der Waals surface area contributed by atoms with Gasteiger partial charge in [-0.05, 0) is 11.8 Å². The fourth-order valence-electron chi connectivity index (χ4n) is 4.65. The SMILES string of the molecule is CC1(C)CC(=O)C(=CCC2C(O)OC(CO)[C@@H](O[C@@H]3OC(CO)[C@H](O)[C@H](O)C3O)[C@@H]2O)C(=O)C1. The highest BCUT2D eigenvalue weighted by atomic mass is 16.7. The van der Waals surface area contributed by atoms with Gasteiger partial charge in [0, 0.05) is 18.8 Å². The van der Waals surface area contributed by atoms with E-state index in [0.717, 1.165) is 0 Å². The summed E-state index contributed by atoms with van der Waals surface area (Å²) in [4.78, 5) is 24.8. The van der Waals surface area contributed by atoms with Gasteiger partial charge in [-0.2, -0.15) is 0 Å². The first-order chi connectivity index (χ1) is 15.9. The lowest BCUT2D eigenvalue weighted by atomic mass is 9.73. The van der Waals surface area contributed by atoms with Crippen molar-refractivity contribution in [3.05, 3.63) is 11.6 Å². The van der Waals surface area contributed by atoms with E-state index >= 15 is 0 Å². The van der Waals surface area contributed by atoms with E-state index in [9.17, 15) is 45.3 Å². The van der Waals surface area contributed by atoms with Crippen LogP contribution in [0.3, 0.4) is 0 Å². The van der Waals surface area contributed by atoms with Crippen molar-refractivity contribution in [3.63, 3.8) is 0 Å². The smallest absolute Gasteiger partial charge is 0.187 e. The van der Waals surface area contributed by atoms with Gasteiger partial charge >= 0.3 is 0 Å². The molecule has 34 heavy (non-hydrogen) atoms. The first-order valence-corrected chi connectivity index (χ1v) is 11.2. The fourth-order valence-corrected chi connectivity index (χ4v) is 4.65. The molecule has 10 atom stereocenters. The molecule has 0 aromatic carbocycles. The second-order valence-electron chi connectivity index (χ2n) is 9.92. The predicted molar refractivity (Wildman–Crippen MR) is 112 cm³/mol. The van der Waals surface area contributed by atoms with Crippen molar-refractivity contribution in [3.8, 4) is 0 Å². The van der Waals surface area contributed by atoms with Gasteiger partial charge in [-0.25, -0.2) is 0 Å². The van der Waals surface area contributed by atoms with Crippen LogP contribution in [0, 0.1) is 11.3 Å². The number of ketones is 2. The predicted octanol–water partition coefficient (Wildman–Crippen LogP) is -2.87. The number of Topliss-reactive ketones (excluding diaryl/α,β-unsaturated/α-hetero) is 2. The van der Waals surface area contributed by atoms with Gasteiger partial charge in [0.25, 0.3) is 0 Å². The number of rotatable bonds is 6. The Hall–Kier alpha value is -1.32. The Labute approximate surface area is 196 Å². The number of carbonyl (C=O) groups excluding carboxylic acids is 2. The van der Waals surface area contributed by atoms with E-state index in [-0.39, 0.29) is 36.4 Å². The van der Waals surface area contributed by atoms with Crippen LogP contribution < -0.4 is 0 Å². The molecule has 0 aromatic heterocycles. The summed E-state index contributed by atoms with van der Waals surface area (Å²) in [6, 6.07) is 0. The topological polar surface area (TPSA) is 203 Å². The molecular weight excluding hydrogens is 456 g/mol. The van der Waals surface area contributed by atoms with E-state index in [4.69, 9.17) is 14.2 Å². The van der Waals surface area contributed by atoms with E-state index in [1.54, 1.807) is 0 Å². The Morgan fingerprint density at radius 1 is 0.882 bits per heavy atom. The third kappa shape index (κ3) is 5.57. The molecule has 7 N–H and O–H groups in total. The van der Waals surface area contributed by atoms with Gasteiger partial charge in [-0.1, -0.05) is 19.9 Å². The van der Waals surface area contributed by atoms with E-state index < -0.39 is 79.9 Å². The molecule has 12 heteroatoms. The Bertz CT molecular complexity index is 758. The molecule has 2 aliphatic heterocycles. The quantitative estimate of drug-likeness (QED) is 0.148. The van der Waals surface area contributed by atoms with Gasteiger partial charge in [0.15, 0.2) is 24.1 Å². The molecule has 2 saturated heterocycles. The van der Waals surface area contributed by atoms with Crippen LogP contribution >= 0.6 is 0 Å². The molecule has 5 unspecified atom stereocenters. The lowest BCUT2D eigenvalue weighted by Gasteiger charge is -2.46. The summed E-state index contributed by atoms with van der Waals surface area (Å²) < 4.78 is 16.2. The molecule has 3 fully saturated rings. The second kappa shape index (κ2) is 10.7. The van der Waals surface area contributed by atoms with Crippen LogP contribution in [0.15, 0.2) is 11.6 Å². The van der Waals surface area contributed by atoms with Crippen molar-refractivity contribution in [2.24, 2.45) is 11.3 Å². The summed E-state index contributed by atoms with van der Waals surface area (Å²) in [6.45, 7) is 2.26. The lowest BCUT2D eigenvalue weighted by molar-refractivity contribution is -0.350. The normalized spacial score (nSPS) is 43.1. The molecule has 0 bridgehead atoms. The van der Waals surface area contributed by atoms with Gasteiger partial charge in [0.1, 0.15) is 36.6 Å². The van der Waals surface area contributed by atoms with Crippen LogP contribution in [-0.2, 0) is 23.8 Å². The van der Waals surface area contributed by atoms with E-state index in [2.05, 4.69) is 0 Å². The van der Waals surface area contributed by atoms with Gasteiger partial charge < -0.3 is 50.0 Å². The van der Waals surface area contributed by atoms with Crippen molar-refractivity contribution >= 4 is 11.6 Å². The van der Waals surface area contributed by atoms with Crippen molar-refractivity contribution in [1.29, 1.82) is 0 Å². The number of allylic oxidation sites excluding steroid dienone is 2. The molecule has 2 heterocycles. The molecule has 0 spiro atoms. The average molecular weight is 491 g/mol. The Kier molecular flexibility index (Phi) is 8.62. The first-order valence-electron chi connectivity index (χ1n) is 11.2. The fraction of sp³-hybridized carbons (Fsp3) is 0.818. The third-order valence-corrected chi connectivity index (χ3v) is 6.62. The summed E-state index contributed by atoms with van der Waals surface area (Å²) in [6.07, 6.45) is -12.0. The minimum Gasteiger partial charge on any atom is -0.394 e. The number of hydrogen-bond donors (Lipinski definition) is 7. The van der Waals surface area contributed by atoms with Crippen molar-refractivity contribution in [2.45, 2.75) is 88.4 Å². The molecule has 0 amide bonds. The van der Waals surface area contributed by atoms with Crippen LogP contribution in [0.25, 0.3) is 0 Å². The van der Waals surface area contributed by atoms with Crippen LogP contribution in [0.1, 0.15) is 33.1 Å². The van der Waals surface area contributed by atoms with Crippen molar-refractivity contribution < 1.29 is 59.5 Å². The average Bonchev–Trinajstić information content (AvgIpc) is 2.75. The lowest BCUT2D eigenvalue weighted by Crippen LogP contribution is -2.63. The summed E-state index contributed by atoms with van der Waals surface area (Å²) in [5, 5.41) is 70.4. The minimum atomic E-state index is -1.75. The molecule has 1 aliphatic carbocycles. The third-order valence-electron chi connectivity index (χ3n) is 6.62. The zero-order chi connectivity index (χ0) is 25.4. The molecule has 3 aliphatic rings. The monoisotopic (exact) mass is 490 g/mol. The maximum absolute atomic E-state index is 12.4. The second-order valence-corrected chi connectivity index (χ2v) is 9.92. The number of aliphatic hydroxyl groups excluding tert-OH is 7. The zero-order valence-electron chi connectivity index (χ0n) is 19.1. The van der Waals surface area contributed by atoms with Crippen molar-refractivity contribution in [2.75, 3.05) is 13.2 Å². The van der Waals surface area contributed by atoms with Crippen molar-refractivity contribution in [1.82, 2.24) is 0 Å². The highest BCUT2D eigenvalue weighted by Crippen LogP contribution is 2.36. The largest absolute Gasteiger partial charge is 0.394 e. The molecule has 12 nitrogen and oxygen atoms in total. The Morgan fingerprint density at radius 3 is 2.03 bits per heavy atom. The molecule has 3 rings (SSSR count). The van der Waals surface area contributed by atoms with E-state index in [1.165, 1.54) is 6.08 Å².